The van der Waals surface area contributed by atoms with Gasteiger partial charge in [-0.3, -0.25) is 0 Å². The molecule has 1 aliphatic rings. The van der Waals surface area contributed by atoms with Gasteiger partial charge in [0, 0.05) is 11.7 Å². The Kier molecular flexibility index (Phi) is 2.94. The minimum Gasteiger partial charge on any atom is -0.243 e. The van der Waals surface area contributed by atoms with Crippen molar-refractivity contribution >= 4 is 21.6 Å². The van der Waals surface area contributed by atoms with Gasteiger partial charge in [-0.05, 0) is 38.3 Å². The van der Waals surface area contributed by atoms with E-state index in [4.69, 9.17) is 11.6 Å². The van der Waals surface area contributed by atoms with Gasteiger partial charge in [-0.15, -0.1) is 0 Å². The Balaban J connectivity index is 2.29. The molecule has 0 aliphatic heterocycles. The number of aromatic nitrogens is 1. The van der Waals surface area contributed by atoms with Crippen LogP contribution in [0.3, 0.4) is 0 Å². The van der Waals surface area contributed by atoms with Crippen LogP contribution in [0.25, 0.3) is 0 Å². The molecule has 1 aromatic rings. The molecule has 1 heterocycles. The Bertz CT molecular complexity index is 497. The van der Waals surface area contributed by atoms with Crippen molar-refractivity contribution in [1.29, 1.82) is 0 Å². The van der Waals surface area contributed by atoms with E-state index in [2.05, 4.69) is 9.71 Å². The van der Waals surface area contributed by atoms with Crippen molar-refractivity contribution in [3.63, 3.8) is 0 Å². The predicted molar refractivity (Wildman–Crippen MR) is 61.8 cm³/mol. The average Bonchev–Trinajstić information content (AvgIpc) is 2.15. The van der Waals surface area contributed by atoms with Gasteiger partial charge in [-0.1, -0.05) is 11.6 Å². The lowest BCUT2D eigenvalue weighted by molar-refractivity contribution is 0.248. The van der Waals surface area contributed by atoms with Crippen molar-refractivity contribution < 1.29 is 8.42 Å². The Morgan fingerprint density at radius 2 is 2.19 bits per heavy atom. The molecule has 0 spiro atoms. The van der Waals surface area contributed by atoms with Crippen LogP contribution in [0.15, 0.2) is 23.2 Å². The van der Waals surface area contributed by atoms with Crippen LogP contribution in [0, 0.1) is 0 Å². The van der Waals surface area contributed by atoms with E-state index < -0.39 is 10.0 Å². The van der Waals surface area contributed by atoms with Crippen LogP contribution in [0.1, 0.15) is 26.2 Å². The molecule has 0 atom stereocenters. The predicted octanol–water partition coefficient (Wildman–Crippen LogP) is 1.96. The second-order valence-electron chi connectivity index (χ2n) is 4.31. The summed E-state index contributed by atoms with van der Waals surface area (Å²) < 4.78 is 26.7. The third-order valence-electron chi connectivity index (χ3n) is 2.85. The molecule has 1 saturated carbocycles. The Hall–Kier alpha value is -0.650. The van der Waals surface area contributed by atoms with Crippen molar-refractivity contribution in [2.75, 3.05) is 0 Å². The topological polar surface area (TPSA) is 59.1 Å². The fourth-order valence-electron chi connectivity index (χ4n) is 1.76. The molecule has 1 N–H and O–H groups in total. The minimum absolute atomic E-state index is 0.0120. The third kappa shape index (κ3) is 2.21. The van der Waals surface area contributed by atoms with Crippen molar-refractivity contribution in [2.24, 2.45) is 0 Å². The third-order valence-corrected chi connectivity index (χ3v) is 4.94. The number of sulfonamides is 1. The van der Waals surface area contributed by atoms with Gasteiger partial charge in [-0.2, -0.15) is 0 Å². The maximum atomic E-state index is 12.0. The Morgan fingerprint density at radius 3 is 2.69 bits per heavy atom. The van der Waals surface area contributed by atoms with Crippen LogP contribution in [0.2, 0.25) is 5.15 Å². The lowest BCUT2D eigenvalue weighted by Gasteiger charge is -2.38. The maximum absolute atomic E-state index is 12.0. The van der Waals surface area contributed by atoms with Gasteiger partial charge >= 0.3 is 0 Å². The Morgan fingerprint density at radius 1 is 1.50 bits per heavy atom. The summed E-state index contributed by atoms with van der Waals surface area (Å²) in [5, 5.41) is 0.0120. The van der Waals surface area contributed by atoms with Crippen LogP contribution in [-0.2, 0) is 10.0 Å². The van der Waals surface area contributed by atoms with Gasteiger partial charge in [0.05, 0.1) is 0 Å². The summed E-state index contributed by atoms with van der Waals surface area (Å²) >= 11 is 5.77. The van der Waals surface area contributed by atoms with Gasteiger partial charge in [-0.25, -0.2) is 18.1 Å². The zero-order chi connectivity index (χ0) is 11.8. The van der Waals surface area contributed by atoms with E-state index >= 15 is 0 Å². The number of hydrogen-bond acceptors (Lipinski definition) is 3. The van der Waals surface area contributed by atoms with Gasteiger partial charge in [0.1, 0.15) is 10.0 Å². The van der Waals surface area contributed by atoms with E-state index in [1.807, 2.05) is 6.92 Å². The van der Waals surface area contributed by atoms with Crippen molar-refractivity contribution in [1.82, 2.24) is 9.71 Å². The summed E-state index contributed by atoms with van der Waals surface area (Å²) in [5.74, 6) is 0. The second-order valence-corrected chi connectivity index (χ2v) is 6.32. The molecule has 0 amide bonds. The van der Waals surface area contributed by atoms with E-state index in [0.717, 1.165) is 19.3 Å². The summed E-state index contributed by atoms with van der Waals surface area (Å²) in [6, 6.07) is 3.02. The molecule has 0 aromatic carbocycles. The van der Waals surface area contributed by atoms with Gasteiger partial charge in [0.15, 0.2) is 0 Å². The molecule has 4 nitrogen and oxygen atoms in total. The molecule has 0 bridgehead atoms. The summed E-state index contributed by atoms with van der Waals surface area (Å²) in [6.07, 6.45) is 4.25. The van der Waals surface area contributed by atoms with Gasteiger partial charge < -0.3 is 0 Å². The standard InChI is InChI=1S/C10H13ClN2O2S/c1-10(5-3-6-10)13-16(14,15)8-4-2-7-12-9(8)11/h2,4,7,13H,3,5-6H2,1H3. The van der Waals surface area contributed by atoms with Gasteiger partial charge in [0.2, 0.25) is 10.0 Å². The van der Waals surface area contributed by atoms with E-state index in [1.54, 1.807) is 6.07 Å². The molecule has 16 heavy (non-hydrogen) atoms. The highest BCUT2D eigenvalue weighted by Crippen LogP contribution is 2.33. The van der Waals surface area contributed by atoms with Crippen LogP contribution in [-0.4, -0.2) is 18.9 Å². The fourth-order valence-corrected chi connectivity index (χ4v) is 3.68. The monoisotopic (exact) mass is 260 g/mol. The molecule has 2 rings (SSSR count). The zero-order valence-corrected chi connectivity index (χ0v) is 10.5. The molecule has 88 valence electrons. The first kappa shape index (κ1) is 11.8. The van der Waals surface area contributed by atoms with E-state index in [-0.39, 0.29) is 15.6 Å². The summed E-state index contributed by atoms with van der Waals surface area (Å²) in [4.78, 5) is 3.81. The van der Waals surface area contributed by atoms with Crippen molar-refractivity contribution in [2.45, 2.75) is 36.6 Å². The van der Waals surface area contributed by atoms with Crippen LogP contribution < -0.4 is 4.72 Å². The number of halogens is 1. The first-order valence-corrected chi connectivity index (χ1v) is 6.94. The molecule has 1 aromatic heterocycles. The normalized spacial score (nSPS) is 19.1. The molecular weight excluding hydrogens is 248 g/mol. The first-order chi connectivity index (χ1) is 7.43. The molecule has 1 aliphatic carbocycles. The Labute approximate surface area is 100 Å². The summed E-state index contributed by atoms with van der Waals surface area (Å²) in [7, 11) is -3.55. The van der Waals surface area contributed by atoms with Crippen molar-refractivity contribution in [3.8, 4) is 0 Å². The first-order valence-electron chi connectivity index (χ1n) is 5.07. The highest BCUT2D eigenvalue weighted by atomic mass is 35.5. The van der Waals surface area contributed by atoms with Crippen LogP contribution >= 0.6 is 11.6 Å². The van der Waals surface area contributed by atoms with Crippen LogP contribution in [0.5, 0.6) is 0 Å². The average molecular weight is 261 g/mol. The number of rotatable bonds is 3. The second kappa shape index (κ2) is 3.98. The van der Waals surface area contributed by atoms with Crippen molar-refractivity contribution in [3.05, 3.63) is 23.5 Å². The minimum atomic E-state index is -3.55. The molecule has 6 heteroatoms. The smallest absolute Gasteiger partial charge is 0.243 e. The highest BCUT2D eigenvalue weighted by Gasteiger charge is 2.36. The molecule has 0 saturated heterocycles. The number of hydrogen-bond donors (Lipinski definition) is 1. The zero-order valence-electron chi connectivity index (χ0n) is 8.90. The largest absolute Gasteiger partial charge is 0.244 e. The van der Waals surface area contributed by atoms with E-state index in [0.29, 0.717) is 0 Å². The van der Waals surface area contributed by atoms with Gasteiger partial charge in [0.25, 0.3) is 0 Å². The summed E-state index contributed by atoms with van der Waals surface area (Å²) in [6.45, 7) is 1.90. The quantitative estimate of drug-likeness (QED) is 0.845. The molecule has 1 fully saturated rings. The lowest BCUT2D eigenvalue weighted by atomic mass is 9.80. The van der Waals surface area contributed by atoms with Crippen LogP contribution in [0.4, 0.5) is 0 Å². The highest BCUT2D eigenvalue weighted by molar-refractivity contribution is 7.89. The maximum Gasteiger partial charge on any atom is 0.244 e. The number of nitrogens with zero attached hydrogens (tertiary/aromatic N) is 1. The summed E-state index contributed by atoms with van der Waals surface area (Å²) in [5.41, 5.74) is -0.321. The van der Waals surface area contributed by atoms with E-state index in [9.17, 15) is 8.42 Å². The lowest BCUT2D eigenvalue weighted by Crippen LogP contribution is -2.50. The molecule has 0 unspecified atom stereocenters. The SMILES string of the molecule is CC1(NS(=O)(=O)c2cccnc2Cl)CCC1. The number of pyridine rings is 1. The number of nitrogens with one attached hydrogen (secondary N) is 1. The fraction of sp³-hybridized carbons (Fsp3) is 0.500. The molecular formula is C10H13ClN2O2S. The molecule has 0 radical (unpaired) electrons. The van der Waals surface area contributed by atoms with E-state index in [1.165, 1.54) is 12.3 Å².